The van der Waals surface area contributed by atoms with E-state index in [-0.39, 0.29) is 24.2 Å². The molecule has 1 amide bonds. The Labute approximate surface area is 173 Å². The predicted octanol–water partition coefficient (Wildman–Crippen LogP) is 2.03. The van der Waals surface area contributed by atoms with Gasteiger partial charge >= 0.3 is 0 Å². The van der Waals surface area contributed by atoms with Crippen LogP contribution in [0.1, 0.15) is 40.3 Å². The molecule has 0 aliphatic carbocycles. The van der Waals surface area contributed by atoms with Gasteiger partial charge in [-0.05, 0) is 44.9 Å². The molecule has 10 heteroatoms. The summed E-state index contributed by atoms with van der Waals surface area (Å²) in [4.78, 5) is 12.3. The third-order valence-electron chi connectivity index (χ3n) is 4.82. The minimum absolute atomic E-state index is 0.101. The minimum Gasteiger partial charge on any atom is -0.472 e. The summed E-state index contributed by atoms with van der Waals surface area (Å²) >= 11 is 0. The number of carbonyl (C=O) groups is 1. The van der Waals surface area contributed by atoms with E-state index in [4.69, 9.17) is 14.0 Å². The van der Waals surface area contributed by atoms with Crippen LogP contribution in [0.5, 0.6) is 5.88 Å². The number of rotatable bonds is 6. The first-order chi connectivity index (χ1) is 14.6. The number of hydrogen-bond acceptors (Lipinski definition) is 9. The van der Waals surface area contributed by atoms with Crippen molar-refractivity contribution in [2.24, 2.45) is 0 Å². The van der Waals surface area contributed by atoms with Crippen LogP contribution in [0.15, 0.2) is 28.8 Å². The number of nitrogens with one attached hydrogen (secondary N) is 1. The van der Waals surface area contributed by atoms with E-state index >= 15 is 0 Å². The minimum atomic E-state index is -0.254. The maximum absolute atomic E-state index is 12.3. The largest absolute Gasteiger partial charge is 0.472 e. The SMILES string of the molecule is Cc1ccc(-c2noc(C)c2COc2ccc(C(=O)NC3CCOCC3)nn2)nn1. The quantitative estimate of drug-likeness (QED) is 0.649. The van der Waals surface area contributed by atoms with Crippen LogP contribution >= 0.6 is 0 Å². The van der Waals surface area contributed by atoms with Crippen molar-refractivity contribution in [1.82, 2.24) is 30.9 Å². The van der Waals surface area contributed by atoms with Crippen molar-refractivity contribution in [1.29, 1.82) is 0 Å². The third kappa shape index (κ3) is 4.60. The van der Waals surface area contributed by atoms with E-state index in [0.717, 1.165) is 24.1 Å². The highest BCUT2D eigenvalue weighted by molar-refractivity contribution is 5.92. The van der Waals surface area contributed by atoms with E-state index in [1.165, 1.54) is 0 Å². The highest BCUT2D eigenvalue weighted by atomic mass is 16.5. The summed E-state index contributed by atoms with van der Waals surface area (Å²) in [5, 5.41) is 23.2. The Morgan fingerprint density at radius 2 is 1.93 bits per heavy atom. The van der Waals surface area contributed by atoms with Crippen LogP contribution in [0.4, 0.5) is 0 Å². The highest BCUT2D eigenvalue weighted by Gasteiger charge is 2.19. The Morgan fingerprint density at radius 1 is 1.10 bits per heavy atom. The van der Waals surface area contributed by atoms with E-state index < -0.39 is 0 Å². The van der Waals surface area contributed by atoms with Crippen molar-refractivity contribution in [2.45, 2.75) is 39.3 Å². The Hall–Kier alpha value is -3.40. The number of nitrogens with zero attached hydrogens (tertiary/aromatic N) is 5. The van der Waals surface area contributed by atoms with E-state index in [1.54, 1.807) is 19.1 Å². The molecule has 0 bridgehead atoms. The van der Waals surface area contributed by atoms with Crippen molar-refractivity contribution in [3.05, 3.63) is 47.0 Å². The first-order valence-electron chi connectivity index (χ1n) is 9.71. The van der Waals surface area contributed by atoms with Crippen LogP contribution in [0.3, 0.4) is 0 Å². The molecule has 0 atom stereocenters. The van der Waals surface area contributed by atoms with E-state index in [9.17, 15) is 4.79 Å². The second-order valence-electron chi connectivity index (χ2n) is 7.03. The maximum atomic E-state index is 12.3. The van der Waals surface area contributed by atoms with Gasteiger partial charge in [0.2, 0.25) is 5.88 Å². The fourth-order valence-corrected chi connectivity index (χ4v) is 3.05. The Balaban J connectivity index is 1.39. The molecule has 3 aromatic heterocycles. The summed E-state index contributed by atoms with van der Waals surface area (Å²) in [6.07, 6.45) is 1.60. The first kappa shape index (κ1) is 19.9. The summed E-state index contributed by atoms with van der Waals surface area (Å²) in [5.74, 6) is 0.656. The molecule has 0 spiro atoms. The lowest BCUT2D eigenvalue weighted by Crippen LogP contribution is -2.39. The van der Waals surface area contributed by atoms with E-state index in [1.807, 2.05) is 19.1 Å². The summed E-state index contributed by atoms with van der Waals surface area (Å²) in [5.41, 5.74) is 2.97. The monoisotopic (exact) mass is 410 g/mol. The van der Waals surface area contributed by atoms with Gasteiger partial charge in [-0.25, -0.2) is 0 Å². The van der Waals surface area contributed by atoms with Gasteiger partial charge in [0.05, 0.1) is 11.3 Å². The number of aromatic nitrogens is 5. The van der Waals surface area contributed by atoms with Crippen molar-refractivity contribution in [2.75, 3.05) is 13.2 Å². The number of hydrogen-bond donors (Lipinski definition) is 1. The van der Waals surface area contributed by atoms with Crippen LogP contribution in [-0.2, 0) is 11.3 Å². The smallest absolute Gasteiger partial charge is 0.272 e. The molecule has 0 saturated carbocycles. The van der Waals surface area contributed by atoms with Crippen molar-refractivity contribution in [3.63, 3.8) is 0 Å². The van der Waals surface area contributed by atoms with Gasteiger partial charge in [0.15, 0.2) is 5.69 Å². The molecule has 30 heavy (non-hydrogen) atoms. The molecule has 1 saturated heterocycles. The van der Waals surface area contributed by atoms with Gasteiger partial charge in [-0.2, -0.15) is 5.10 Å². The number of ether oxygens (including phenoxy) is 2. The molecule has 1 aliphatic rings. The van der Waals surface area contributed by atoms with Gasteiger partial charge in [-0.3, -0.25) is 4.79 Å². The van der Waals surface area contributed by atoms with Crippen LogP contribution in [0.25, 0.3) is 11.4 Å². The van der Waals surface area contributed by atoms with Gasteiger partial charge in [0, 0.05) is 25.3 Å². The molecule has 156 valence electrons. The zero-order valence-electron chi connectivity index (χ0n) is 16.8. The van der Waals surface area contributed by atoms with Gasteiger partial charge in [-0.1, -0.05) is 5.16 Å². The lowest BCUT2D eigenvalue weighted by atomic mass is 10.1. The molecule has 1 aliphatic heterocycles. The van der Waals surface area contributed by atoms with Gasteiger partial charge in [0.1, 0.15) is 23.8 Å². The molecule has 0 unspecified atom stereocenters. The number of amides is 1. The predicted molar refractivity (Wildman–Crippen MR) is 105 cm³/mol. The highest BCUT2D eigenvalue weighted by Crippen LogP contribution is 2.24. The molecule has 3 aromatic rings. The van der Waals surface area contributed by atoms with Crippen LogP contribution in [0.2, 0.25) is 0 Å². The average molecular weight is 410 g/mol. The van der Waals surface area contributed by atoms with Gasteiger partial charge in [0.25, 0.3) is 5.91 Å². The standard InChI is InChI=1S/C20H22N6O4/c1-12-3-4-16(23-22-12)19-15(13(2)30-26-19)11-29-18-6-5-17(24-25-18)20(27)21-14-7-9-28-10-8-14/h3-6,14H,7-11H2,1-2H3,(H,21,27). The van der Waals surface area contributed by atoms with E-state index in [2.05, 4.69) is 30.9 Å². The molecule has 1 N–H and O–H groups in total. The normalized spacial score (nSPS) is 14.5. The fraction of sp³-hybridized carbons (Fsp3) is 0.400. The molecule has 1 fully saturated rings. The molecule has 10 nitrogen and oxygen atoms in total. The van der Waals surface area contributed by atoms with E-state index in [0.29, 0.717) is 36.2 Å². The number of carbonyl (C=O) groups excluding carboxylic acids is 1. The Morgan fingerprint density at radius 3 is 2.63 bits per heavy atom. The molecular weight excluding hydrogens is 388 g/mol. The van der Waals surface area contributed by atoms with Crippen molar-refractivity contribution in [3.8, 4) is 17.3 Å². The maximum Gasteiger partial charge on any atom is 0.272 e. The Kier molecular flexibility index (Phi) is 5.94. The summed E-state index contributed by atoms with van der Waals surface area (Å²) < 4.78 is 16.3. The van der Waals surface area contributed by atoms with Crippen molar-refractivity contribution < 1.29 is 18.8 Å². The summed E-state index contributed by atoms with van der Waals surface area (Å²) in [7, 11) is 0. The molecule has 0 radical (unpaired) electrons. The summed E-state index contributed by atoms with van der Waals surface area (Å²) in [6, 6.07) is 6.98. The van der Waals surface area contributed by atoms with Crippen LogP contribution < -0.4 is 10.1 Å². The molecule has 4 rings (SSSR count). The van der Waals surface area contributed by atoms with Gasteiger partial charge in [-0.15, -0.1) is 15.3 Å². The molecule has 4 heterocycles. The second kappa shape index (κ2) is 8.95. The van der Waals surface area contributed by atoms with Crippen LogP contribution in [0, 0.1) is 13.8 Å². The van der Waals surface area contributed by atoms with Crippen LogP contribution in [-0.4, -0.2) is 50.7 Å². The zero-order chi connectivity index (χ0) is 20.9. The fourth-order valence-electron chi connectivity index (χ4n) is 3.05. The Bertz CT molecular complexity index is 997. The molecule has 0 aromatic carbocycles. The third-order valence-corrected chi connectivity index (χ3v) is 4.82. The lowest BCUT2D eigenvalue weighted by molar-refractivity contribution is 0.0693. The lowest BCUT2D eigenvalue weighted by Gasteiger charge is -2.22. The zero-order valence-corrected chi connectivity index (χ0v) is 16.8. The second-order valence-corrected chi connectivity index (χ2v) is 7.03. The average Bonchev–Trinajstić information content (AvgIpc) is 3.14. The topological polar surface area (TPSA) is 125 Å². The first-order valence-corrected chi connectivity index (χ1v) is 9.71. The number of aryl methyl sites for hydroxylation is 2. The molecular formula is C20H22N6O4. The van der Waals surface area contributed by atoms with Crippen molar-refractivity contribution >= 4 is 5.91 Å². The summed E-state index contributed by atoms with van der Waals surface area (Å²) in [6.45, 7) is 5.14. The van der Waals surface area contributed by atoms with Gasteiger partial charge < -0.3 is 19.3 Å².